The van der Waals surface area contributed by atoms with Crippen LogP contribution in [0.3, 0.4) is 0 Å². The van der Waals surface area contributed by atoms with Gasteiger partial charge in [-0.15, -0.1) is 0 Å². The van der Waals surface area contributed by atoms with Gasteiger partial charge in [-0.1, -0.05) is 29.8 Å². The third kappa shape index (κ3) is 2.70. The highest BCUT2D eigenvalue weighted by molar-refractivity contribution is 6.31. The van der Waals surface area contributed by atoms with Crippen molar-refractivity contribution in [1.29, 1.82) is 0 Å². The van der Waals surface area contributed by atoms with E-state index in [2.05, 4.69) is 0 Å². The van der Waals surface area contributed by atoms with Crippen LogP contribution in [-0.2, 0) is 4.79 Å². The van der Waals surface area contributed by atoms with Crippen molar-refractivity contribution in [3.05, 3.63) is 59.0 Å². The van der Waals surface area contributed by atoms with Gasteiger partial charge in [0.2, 0.25) is 5.91 Å². The highest BCUT2D eigenvalue weighted by atomic mass is 35.5. The topological polar surface area (TPSA) is 33.5 Å². The lowest BCUT2D eigenvalue weighted by atomic mass is 10.1. The van der Waals surface area contributed by atoms with Crippen molar-refractivity contribution >= 4 is 17.5 Å². The fourth-order valence-corrected chi connectivity index (χ4v) is 3.04. The van der Waals surface area contributed by atoms with Gasteiger partial charge < -0.3 is 9.32 Å². The number of carbonyl (C=O) groups is 1. The summed E-state index contributed by atoms with van der Waals surface area (Å²) in [5.74, 6) is 1.24. The summed E-state index contributed by atoms with van der Waals surface area (Å²) in [5.41, 5.74) is 1.08. The van der Waals surface area contributed by atoms with E-state index in [0.717, 1.165) is 22.8 Å². The van der Waals surface area contributed by atoms with Crippen LogP contribution in [-0.4, -0.2) is 17.9 Å². The van der Waals surface area contributed by atoms with E-state index in [1.807, 2.05) is 50.4 Å². The van der Waals surface area contributed by atoms with Gasteiger partial charge in [0.25, 0.3) is 0 Å². The Bertz CT molecular complexity index is 638. The first kappa shape index (κ1) is 14.2. The zero-order valence-electron chi connectivity index (χ0n) is 12.1. The highest BCUT2D eigenvalue weighted by Crippen LogP contribution is 2.50. The lowest BCUT2D eigenvalue weighted by molar-refractivity contribution is -0.133. The summed E-state index contributed by atoms with van der Waals surface area (Å²) < 4.78 is 5.38. The van der Waals surface area contributed by atoms with E-state index in [9.17, 15) is 4.79 Å². The summed E-state index contributed by atoms with van der Waals surface area (Å²) >= 11 is 6.21. The van der Waals surface area contributed by atoms with Crippen molar-refractivity contribution in [2.75, 3.05) is 7.05 Å². The van der Waals surface area contributed by atoms with Crippen LogP contribution in [0.2, 0.25) is 5.02 Å². The number of halogens is 1. The molecule has 1 aliphatic rings. The molecule has 3 rings (SSSR count). The maximum absolute atomic E-state index is 12.6. The van der Waals surface area contributed by atoms with Crippen LogP contribution in [0.5, 0.6) is 0 Å². The number of benzene rings is 1. The molecule has 0 spiro atoms. The Balaban J connectivity index is 1.69. The van der Waals surface area contributed by atoms with Crippen LogP contribution >= 0.6 is 11.6 Å². The van der Waals surface area contributed by atoms with Crippen LogP contribution in [0, 0.1) is 5.92 Å². The molecule has 0 N–H and O–H groups in total. The van der Waals surface area contributed by atoms with Crippen LogP contribution in [0.15, 0.2) is 47.1 Å². The van der Waals surface area contributed by atoms with Gasteiger partial charge in [-0.25, -0.2) is 0 Å². The maximum Gasteiger partial charge on any atom is 0.226 e. The van der Waals surface area contributed by atoms with Crippen LogP contribution in [0.1, 0.15) is 36.6 Å². The second-order valence-corrected chi connectivity index (χ2v) is 6.02. The molecule has 4 heteroatoms. The van der Waals surface area contributed by atoms with Crippen molar-refractivity contribution in [2.24, 2.45) is 5.92 Å². The highest BCUT2D eigenvalue weighted by Gasteiger charge is 2.46. The molecule has 3 atom stereocenters. The Morgan fingerprint density at radius 2 is 2.10 bits per heavy atom. The first-order valence-corrected chi connectivity index (χ1v) is 7.52. The van der Waals surface area contributed by atoms with Gasteiger partial charge in [0, 0.05) is 18.0 Å². The van der Waals surface area contributed by atoms with E-state index < -0.39 is 0 Å². The molecular formula is C17H18ClNO2. The van der Waals surface area contributed by atoms with Gasteiger partial charge >= 0.3 is 0 Å². The number of hydrogen-bond acceptors (Lipinski definition) is 2. The van der Waals surface area contributed by atoms with E-state index >= 15 is 0 Å². The Labute approximate surface area is 129 Å². The van der Waals surface area contributed by atoms with Crippen LogP contribution in [0.25, 0.3) is 0 Å². The second kappa shape index (κ2) is 5.57. The second-order valence-electron chi connectivity index (χ2n) is 5.61. The summed E-state index contributed by atoms with van der Waals surface area (Å²) in [4.78, 5) is 14.3. The molecule has 1 heterocycles. The Kier molecular flexibility index (Phi) is 3.77. The van der Waals surface area contributed by atoms with Gasteiger partial charge in [0.15, 0.2) is 0 Å². The van der Waals surface area contributed by atoms with E-state index in [4.69, 9.17) is 16.0 Å². The molecule has 2 aromatic rings. The first-order valence-electron chi connectivity index (χ1n) is 7.14. The number of rotatable bonds is 4. The predicted molar refractivity (Wildman–Crippen MR) is 82.2 cm³/mol. The lowest BCUT2D eigenvalue weighted by Crippen LogP contribution is -2.31. The zero-order valence-corrected chi connectivity index (χ0v) is 12.9. The van der Waals surface area contributed by atoms with E-state index in [1.165, 1.54) is 0 Å². The Hall–Kier alpha value is -1.74. The molecule has 0 bridgehead atoms. The normalized spacial score (nSPS) is 21.9. The van der Waals surface area contributed by atoms with Crippen molar-refractivity contribution in [1.82, 2.24) is 4.90 Å². The number of amides is 1. The molecule has 1 aromatic carbocycles. The average Bonchev–Trinajstić information content (AvgIpc) is 3.09. The zero-order chi connectivity index (χ0) is 15.0. The fraction of sp³-hybridized carbons (Fsp3) is 0.353. The van der Waals surface area contributed by atoms with Gasteiger partial charge in [0.05, 0.1) is 12.3 Å². The number of furan rings is 1. The molecule has 21 heavy (non-hydrogen) atoms. The largest absolute Gasteiger partial charge is 0.467 e. The third-order valence-electron chi connectivity index (χ3n) is 4.30. The molecule has 1 amide bonds. The quantitative estimate of drug-likeness (QED) is 0.845. The molecule has 1 aromatic heterocycles. The molecule has 3 nitrogen and oxygen atoms in total. The molecule has 110 valence electrons. The van der Waals surface area contributed by atoms with Crippen molar-refractivity contribution in [3.63, 3.8) is 0 Å². The minimum absolute atomic E-state index is 0.0345. The molecular weight excluding hydrogens is 286 g/mol. The smallest absolute Gasteiger partial charge is 0.226 e. The SMILES string of the molecule is CC(c1ccco1)N(C)C(=O)C1CC1c1ccccc1Cl. The van der Waals surface area contributed by atoms with Crippen LogP contribution < -0.4 is 0 Å². The Morgan fingerprint density at radius 3 is 2.76 bits per heavy atom. The summed E-state index contributed by atoms with van der Waals surface area (Å²) in [6.45, 7) is 1.98. The molecule has 0 aliphatic heterocycles. The van der Waals surface area contributed by atoms with Gasteiger partial charge in [-0.2, -0.15) is 0 Å². The monoisotopic (exact) mass is 303 g/mol. The van der Waals surface area contributed by atoms with E-state index in [0.29, 0.717) is 0 Å². The fourth-order valence-electron chi connectivity index (χ4n) is 2.76. The van der Waals surface area contributed by atoms with E-state index in [-0.39, 0.29) is 23.8 Å². The summed E-state index contributed by atoms with van der Waals surface area (Å²) in [6.07, 6.45) is 2.51. The number of hydrogen-bond donors (Lipinski definition) is 0. The molecule has 0 radical (unpaired) electrons. The summed E-state index contributed by atoms with van der Waals surface area (Å²) in [6, 6.07) is 11.5. The van der Waals surface area contributed by atoms with Gasteiger partial charge in [-0.05, 0) is 43.0 Å². The minimum atomic E-state index is -0.0556. The maximum atomic E-state index is 12.6. The van der Waals surface area contributed by atoms with E-state index in [1.54, 1.807) is 11.2 Å². The summed E-state index contributed by atoms with van der Waals surface area (Å²) in [7, 11) is 1.83. The Morgan fingerprint density at radius 1 is 1.33 bits per heavy atom. The molecule has 1 aliphatic carbocycles. The first-order chi connectivity index (χ1) is 10.1. The van der Waals surface area contributed by atoms with Crippen LogP contribution in [0.4, 0.5) is 0 Å². The molecule has 0 saturated heterocycles. The minimum Gasteiger partial charge on any atom is -0.467 e. The molecule has 1 saturated carbocycles. The standard InChI is InChI=1S/C17H18ClNO2/c1-11(16-8-5-9-21-16)19(2)17(20)14-10-13(14)12-6-3-4-7-15(12)18/h3-9,11,13-14H,10H2,1-2H3. The van der Waals surface area contributed by atoms with Crippen molar-refractivity contribution in [3.8, 4) is 0 Å². The molecule has 3 unspecified atom stereocenters. The third-order valence-corrected chi connectivity index (χ3v) is 4.64. The average molecular weight is 304 g/mol. The van der Waals surface area contributed by atoms with Gasteiger partial charge in [-0.3, -0.25) is 4.79 Å². The van der Waals surface area contributed by atoms with Gasteiger partial charge in [0.1, 0.15) is 5.76 Å². The van der Waals surface area contributed by atoms with Crippen molar-refractivity contribution < 1.29 is 9.21 Å². The number of nitrogens with zero attached hydrogens (tertiary/aromatic N) is 1. The molecule has 1 fully saturated rings. The lowest BCUT2D eigenvalue weighted by Gasteiger charge is -2.23. The van der Waals surface area contributed by atoms with Crippen molar-refractivity contribution in [2.45, 2.75) is 25.3 Å². The predicted octanol–water partition coefficient (Wildman–Crippen LogP) is 4.26. The number of carbonyl (C=O) groups excluding carboxylic acids is 1. The summed E-state index contributed by atoms with van der Waals surface area (Å²) in [5, 5.41) is 0.750.